The normalized spacial score (nSPS) is 26.7. The third kappa shape index (κ3) is 2.86. The summed E-state index contributed by atoms with van der Waals surface area (Å²) in [6.45, 7) is 0. The van der Waals surface area contributed by atoms with Crippen molar-refractivity contribution in [1.29, 1.82) is 0 Å². The maximum absolute atomic E-state index is 12.5. The minimum absolute atomic E-state index is 0.401. The van der Waals surface area contributed by atoms with Crippen molar-refractivity contribution >= 4 is 5.97 Å². The summed E-state index contributed by atoms with van der Waals surface area (Å²) in [7, 11) is 3.04. The molecule has 0 bridgehead atoms. The summed E-state index contributed by atoms with van der Waals surface area (Å²) in [6.07, 6.45) is 0. The first-order valence-electron chi connectivity index (χ1n) is 10.6. The predicted molar refractivity (Wildman–Crippen MR) is 119 cm³/mol. The van der Waals surface area contributed by atoms with E-state index in [-0.39, 0.29) is 0 Å². The first-order valence-corrected chi connectivity index (χ1v) is 10.6. The van der Waals surface area contributed by atoms with Crippen LogP contribution in [0.3, 0.4) is 0 Å². The maximum Gasteiger partial charge on any atom is 0.312 e. The molecule has 2 aliphatic rings. The number of aliphatic hydroxyl groups is 2. The second-order valence-electron chi connectivity index (χ2n) is 8.42. The van der Waals surface area contributed by atoms with Gasteiger partial charge >= 0.3 is 5.97 Å². The zero-order valence-corrected chi connectivity index (χ0v) is 18.1. The first kappa shape index (κ1) is 21.3. The van der Waals surface area contributed by atoms with Gasteiger partial charge in [0.1, 0.15) is 23.2 Å². The Kier molecular flexibility index (Phi) is 4.84. The lowest BCUT2D eigenvalue weighted by Crippen LogP contribution is -2.44. The Hall–Kier alpha value is -3.55. The number of hydrogen-bond donors (Lipinski definition) is 3. The zero-order valence-electron chi connectivity index (χ0n) is 18.1. The van der Waals surface area contributed by atoms with Gasteiger partial charge in [-0.05, 0) is 35.4 Å². The van der Waals surface area contributed by atoms with Crippen molar-refractivity contribution in [3.63, 3.8) is 0 Å². The third-order valence-corrected chi connectivity index (χ3v) is 6.89. The van der Waals surface area contributed by atoms with Crippen molar-refractivity contribution in [2.24, 2.45) is 5.92 Å². The van der Waals surface area contributed by atoms with Crippen molar-refractivity contribution in [2.75, 3.05) is 14.2 Å². The summed E-state index contributed by atoms with van der Waals surface area (Å²) in [5, 5.41) is 33.3. The van der Waals surface area contributed by atoms with Crippen LogP contribution < -0.4 is 14.2 Å². The molecule has 1 heterocycles. The van der Waals surface area contributed by atoms with Crippen molar-refractivity contribution < 1.29 is 34.3 Å². The molecule has 1 aliphatic heterocycles. The van der Waals surface area contributed by atoms with Crippen LogP contribution in [0.15, 0.2) is 72.8 Å². The van der Waals surface area contributed by atoms with E-state index in [1.54, 1.807) is 73.8 Å². The fraction of sp³-hybridized carbons (Fsp3) is 0.269. The van der Waals surface area contributed by atoms with Crippen molar-refractivity contribution in [1.82, 2.24) is 0 Å². The van der Waals surface area contributed by atoms with Crippen molar-refractivity contribution in [3.8, 4) is 17.2 Å². The summed E-state index contributed by atoms with van der Waals surface area (Å²) < 4.78 is 17.4. The highest BCUT2D eigenvalue weighted by molar-refractivity contribution is 5.76. The fourth-order valence-corrected chi connectivity index (χ4v) is 5.66. The Balaban J connectivity index is 1.86. The number of methoxy groups -OCH3 is 2. The molecule has 0 aromatic heterocycles. The lowest BCUT2D eigenvalue weighted by molar-refractivity contribution is -0.210. The van der Waals surface area contributed by atoms with E-state index in [0.29, 0.717) is 33.9 Å². The minimum atomic E-state index is -2.63. The molecule has 3 N–H and O–H groups in total. The zero-order chi connectivity index (χ0) is 23.4. The van der Waals surface area contributed by atoms with Crippen LogP contribution in [0.2, 0.25) is 0 Å². The molecule has 0 amide bonds. The van der Waals surface area contributed by atoms with Gasteiger partial charge in [-0.2, -0.15) is 0 Å². The Morgan fingerprint density at radius 3 is 2.21 bits per heavy atom. The lowest BCUT2D eigenvalue weighted by Gasteiger charge is -2.36. The Morgan fingerprint density at radius 2 is 1.61 bits per heavy atom. The van der Waals surface area contributed by atoms with Gasteiger partial charge in [0.15, 0.2) is 11.4 Å². The average Bonchev–Trinajstić information content (AvgIpc) is 3.28. The number of ether oxygens (including phenoxy) is 3. The molecular weight excluding hydrogens is 424 g/mol. The standard InChI is InChI=1S/C26H24O7/c1-31-17-13-11-16(12-14-17)25-21(15-7-4-3-5-8-15)22(24(27)28)26(29,30)23(25)20-18(32-2)9-6-10-19(20)33-25/h3-14,21-23,29-30H,1-2H3,(H,27,28). The van der Waals surface area contributed by atoms with E-state index >= 15 is 0 Å². The van der Waals surface area contributed by atoms with E-state index in [1.807, 2.05) is 6.07 Å². The fourth-order valence-electron chi connectivity index (χ4n) is 5.66. The molecule has 7 heteroatoms. The van der Waals surface area contributed by atoms with Crippen LogP contribution in [-0.4, -0.2) is 41.3 Å². The highest BCUT2D eigenvalue weighted by atomic mass is 16.5. The van der Waals surface area contributed by atoms with E-state index in [4.69, 9.17) is 14.2 Å². The number of hydrogen-bond acceptors (Lipinski definition) is 6. The van der Waals surface area contributed by atoms with Gasteiger partial charge in [-0.1, -0.05) is 48.5 Å². The van der Waals surface area contributed by atoms with E-state index in [2.05, 4.69) is 0 Å². The number of carboxylic acid groups (broad SMARTS) is 1. The van der Waals surface area contributed by atoms with Crippen LogP contribution in [0.4, 0.5) is 0 Å². The molecular formula is C26H24O7. The molecule has 4 unspecified atom stereocenters. The van der Waals surface area contributed by atoms with Gasteiger partial charge in [-0.15, -0.1) is 0 Å². The molecule has 1 fully saturated rings. The van der Waals surface area contributed by atoms with Crippen LogP contribution in [0.5, 0.6) is 17.2 Å². The Morgan fingerprint density at radius 1 is 0.909 bits per heavy atom. The van der Waals surface area contributed by atoms with Gasteiger partial charge in [0.2, 0.25) is 0 Å². The molecule has 1 saturated carbocycles. The van der Waals surface area contributed by atoms with Crippen molar-refractivity contribution in [2.45, 2.75) is 23.2 Å². The highest BCUT2D eigenvalue weighted by Crippen LogP contribution is 2.70. The molecule has 170 valence electrons. The van der Waals surface area contributed by atoms with Gasteiger partial charge < -0.3 is 29.5 Å². The number of carbonyl (C=O) groups is 1. The monoisotopic (exact) mass is 448 g/mol. The Labute approximate surface area is 190 Å². The van der Waals surface area contributed by atoms with Gasteiger partial charge in [-0.25, -0.2) is 0 Å². The SMILES string of the molecule is COc1ccc(C23Oc4cccc(OC)c4C2C(O)(O)C(C(=O)O)C3c2ccccc2)cc1. The summed E-state index contributed by atoms with van der Waals surface area (Å²) in [6, 6.07) is 21.2. The van der Waals surface area contributed by atoms with Crippen LogP contribution in [0.25, 0.3) is 0 Å². The smallest absolute Gasteiger partial charge is 0.312 e. The summed E-state index contributed by atoms with van der Waals surface area (Å²) >= 11 is 0. The predicted octanol–water partition coefficient (Wildman–Crippen LogP) is 3.25. The van der Waals surface area contributed by atoms with E-state index in [0.717, 1.165) is 0 Å². The molecule has 0 saturated heterocycles. The molecule has 33 heavy (non-hydrogen) atoms. The Bertz CT molecular complexity index is 1190. The molecule has 1 aliphatic carbocycles. The highest BCUT2D eigenvalue weighted by Gasteiger charge is 2.75. The summed E-state index contributed by atoms with van der Waals surface area (Å²) in [5.41, 5.74) is 0.251. The van der Waals surface area contributed by atoms with Crippen LogP contribution in [0.1, 0.15) is 28.5 Å². The molecule has 3 aromatic rings. The van der Waals surface area contributed by atoms with Gasteiger partial charge in [0.25, 0.3) is 0 Å². The number of rotatable bonds is 5. The second kappa shape index (κ2) is 7.50. The quantitative estimate of drug-likeness (QED) is 0.515. The van der Waals surface area contributed by atoms with Crippen LogP contribution >= 0.6 is 0 Å². The molecule has 5 rings (SSSR count). The second-order valence-corrected chi connectivity index (χ2v) is 8.42. The topological polar surface area (TPSA) is 105 Å². The summed E-state index contributed by atoms with van der Waals surface area (Å²) in [4.78, 5) is 12.5. The number of carboxylic acids is 1. The molecule has 3 aromatic carbocycles. The first-order chi connectivity index (χ1) is 15.9. The number of fused-ring (bicyclic) bond motifs is 3. The van der Waals surface area contributed by atoms with Gasteiger partial charge in [0.05, 0.1) is 20.1 Å². The maximum atomic E-state index is 12.5. The van der Waals surface area contributed by atoms with E-state index in [9.17, 15) is 20.1 Å². The molecule has 4 atom stereocenters. The third-order valence-electron chi connectivity index (χ3n) is 6.89. The number of aliphatic carboxylic acids is 1. The molecule has 7 nitrogen and oxygen atoms in total. The molecule has 0 spiro atoms. The lowest BCUT2D eigenvalue weighted by atomic mass is 9.73. The van der Waals surface area contributed by atoms with Crippen LogP contribution in [-0.2, 0) is 10.4 Å². The average molecular weight is 448 g/mol. The van der Waals surface area contributed by atoms with Crippen LogP contribution in [0, 0.1) is 5.92 Å². The van der Waals surface area contributed by atoms with Crippen molar-refractivity contribution in [3.05, 3.63) is 89.5 Å². The minimum Gasteiger partial charge on any atom is -0.497 e. The van der Waals surface area contributed by atoms with Gasteiger partial charge in [0, 0.05) is 11.5 Å². The molecule has 0 radical (unpaired) electrons. The summed E-state index contributed by atoms with van der Waals surface area (Å²) in [5.74, 6) is -6.13. The van der Waals surface area contributed by atoms with E-state index in [1.165, 1.54) is 7.11 Å². The van der Waals surface area contributed by atoms with E-state index < -0.39 is 35.1 Å². The largest absolute Gasteiger partial charge is 0.497 e. The number of benzene rings is 3. The van der Waals surface area contributed by atoms with Gasteiger partial charge in [-0.3, -0.25) is 4.79 Å².